The van der Waals surface area contributed by atoms with Crippen LogP contribution in [-0.2, 0) is 4.79 Å². The van der Waals surface area contributed by atoms with Crippen molar-refractivity contribution in [2.45, 2.75) is 56.4 Å². The monoisotopic (exact) mass is 350 g/mol. The Kier molecular flexibility index (Phi) is 3.66. The summed E-state index contributed by atoms with van der Waals surface area (Å²) in [4.78, 5) is 20.3. The lowest BCUT2D eigenvalue weighted by Gasteiger charge is -2.36. The smallest absolute Gasteiger partial charge is 0.307 e. The van der Waals surface area contributed by atoms with Crippen molar-refractivity contribution in [3.05, 3.63) is 16.4 Å². The average Bonchev–Trinajstić information content (AvgIpc) is 2.90. The molecule has 2 heterocycles. The molecule has 2 saturated carbocycles. The number of carbonyl (C=O) groups is 1. The summed E-state index contributed by atoms with van der Waals surface area (Å²) in [7, 11) is 0. The maximum Gasteiger partial charge on any atom is 0.307 e. The number of carboxylic acids is 1. The van der Waals surface area contributed by atoms with E-state index in [1.807, 2.05) is 5.01 Å². The van der Waals surface area contributed by atoms with E-state index in [0.717, 1.165) is 11.6 Å². The minimum Gasteiger partial charge on any atom is -0.481 e. The number of halogens is 2. The summed E-state index contributed by atoms with van der Waals surface area (Å²) >= 11 is 0. The van der Waals surface area contributed by atoms with Gasteiger partial charge < -0.3 is 10.5 Å². The zero-order valence-electron chi connectivity index (χ0n) is 13.7. The van der Waals surface area contributed by atoms with E-state index in [2.05, 4.69) is 22.0 Å². The highest BCUT2D eigenvalue weighted by molar-refractivity contribution is 5.72. The number of anilines is 1. The average molecular weight is 350 g/mol. The lowest BCUT2D eigenvalue weighted by Crippen LogP contribution is -2.46. The fourth-order valence-corrected chi connectivity index (χ4v) is 3.88. The quantitative estimate of drug-likeness (QED) is 0.850. The topological polar surface area (TPSA) is 78.3 Å². The van der Waals surface area contributed by atoms with E-state index in [0.29, 0.717) is 36.3 Å². The van der Waals surface area contributed by atoms with Crippen LogP contribution in [0.4, 0.5) is 14.6 Å². The molecular formula is C17H20F2N4O2. The Labute approximate surface area is 143 Å². The van der Waals surface area contributed by atoms with Crippen molar-refractivity contribution in [1.29, 1.82) is 0 Å². The summed E-state index contributed by atoms with van der Waals surface area (Å²) in [5.74, 6) is -2.97. The molecule has 0 amide bonds. The lowest BCUT2D eigenvalue weighted by molar-refractivity contribution is -0.145. The molecule has 0 bridgehead atoms. The molecule has 1 aromatic heterocycles. The molecule has 0 spiro atoms. The van der Waals surface area contributed by atoms with Crippen LogP contribution in [0.25, 0.3) is 12.8 Å². The molecule has 25 heavy (non-hydrogen) atoms. The van der Waals surface area contributed by atoms with E-state index < -0.39 is 17.8 Å². The number of alkyl halides is 2. The number of aliphatic carboxylic acids is 1. The standard InChI is InChI=1S/C17H20F2N4O2/c1-9-13-8-20-23(10-4-6-17(18,19)7-5-10)15(13)22-14(21-9)11-2-3-12(11)16(24)25/h8,10-12,20H,1-7H2,(H,24,25)/t11-,12-/m0/s1. The van der Waals surface area contributed by atoms with Gasteiger partial charge >= 0.3 is 5.97 Å². The lowest BCUT2D eigenvalue weighted by atomic mass is 9.73. The first-order chi connectivity index (χ1) is 11.9. The molecule has 0 saturated heterocycles. The number of carboxylic acid groups (broad SMARTS) is 1. The second-order valence-electron chi connectivity index (χ2n) is 7.12. The van der Waals surface area contributed by atoms with Crippen molar-refractivity contribution >= 4 is 24.6 Å². The van der Waals surface area contributed by atoms with Crippen LogP contribution in [0, 0.1) is 5.92 Å². The van der Waals surface area contributed by atoms with Crippen molar-refractivity contribution in [2.75, 3.05) is 5.01 Å². The Morgan fingerprint density at radius 2 is 2.00 bits per heavy atom. The number of hydrogen-bond donors (Lipinski definition) is 2. The van der Waals surface area contributed by atoms with E-state index in [9.17, 15) is 18.7 Å². The third kappa shape index (κ3) is 2.73. The minimum atomic E-state index is -2.59. The van der Waals surface area contributed by atoms with E-state index in [1.165, 1.54) is 0 Å². The first kappa shape index (κ1) is 16.2. The van der Waals surface area contributed by atoms with Gasteiger partial charge in [0, 0.05) is 25.0 Å². The largest absolute Gasteiger partial charge is 0.481 e. The normalized spacial score (nSPS) is 27.8. The van der Waals surface area contributed by atoms with Gasteiger partial charge in [0.1, 0.15) is 5.82 Å². The molecule has 2 fully saturated rings. The van der Waals surface area contributed by atoms with Crippen LogP contribution < -0.4 is 21.0 Å². The van der Waals surface area contributed by atoms with Gasteiger partial charge in [-0.25, -0.2) is 18.7 Å². The fourth-order valence-electron chi connectivity index (χ4n) is 3.88. The first-order valence-corrected chi connectivity index (χ1v) is 8.59. The molecule has 0 radical (unpaired) electrons. The van der Waals surface area contributed by atoms with Crippen LogP contribution in [0.3, 0.4) is 0 Å². The zero-order valence-corrected chi connectivity index (χ0v) is 13.7. The number of aromatic nitrogens is 2. The highest BCUT2D eigenvalue weighted by atomic mass is 19.3. The molecule has 1 aromatic rings. The van der Waals surface area contributed by atoms with Gasteiger partial charge in [0.05, 0.1) is 22.5 Å². The zero-order chi connectivity index (χ0) is 17.8. The number of nitrogens with zero attached hydrogens (tertiary/aromatic N) is 3. The maximum atomic E-state index is 13.4. The Morgan fingerprint density at radius 3 is 2.60 bits per heavy atom. The molecule has 6 nitrogen and oxygen atoms in total. The Hall–Kier alpha value is -2.25. The van der Waals surface area contributed by atoms with E-state index in [1.54, 1.807) is 6.20 Å². The molecule has 4 rings (SSSR count). The molecular weight excluding hydrogens is 330 g/mol. The van der Waals surface area contributed by atoms with Crippen molar-refractivity contribution in [1.82, 2.24) is 15.4 Å². The van der Waals surface area contributed by atoms with Crippen molar-refractivity contribution in [3.63, 3.8) is 0 Å². The van der Waals surface area contributed by atoms with Crippen molar-refractivity contribution in [3.8, 4) is 0 Å². The van der Waals surface area contributed by atoms with E-state index in [-0.39, 0.29) is 24.8 Å². The van der Waals surface area contributed by atoms with Gasteiger partial charge in [0.2, 0.25) is 5.92 Å². The highest BCUT2D eigenvalue weighted by Crippen LogP contribution is 2.41. The van der Waals surface area contributed by atoms with E-state index >= 15 is 0 Å². The highest BCUT2D eigenvalue weighted by Gasteiger charge is 2.41. The molecule has 8 heteroatoms. The van der Waals surface area contributed by atoms with Gasteiger partial charge in [-0.3, -0.25) is 9.80 Å². The summed E-state index contributed by atoms with van der Waals surface area (Å²) < 4.78 is 26.9. The van der Waals surface area contributed by atoms with Gasteiger partial charge in [-0.15, -0.1) is 0 Å². The molecule has 2 aliphatic carbocycles. The van der Waals surface area contributed by atoms with Gasteiger partial charge in [-0.2, -0.15) is 0 Å². The number of fused-ring (bicyclic) bond motifs is 1. The minimum absolute atomic E-state index is 0.0732. The van der Waals surface area contributed by atoms with Crippen LogP contribution in [0.15, 0.2) is 0 Å². The summed E-state index contributed by atoms with van der Waals surface area (Å²) in [6.07, 6.45) is 3.58. The maximum absolute atomic E-state index is 13.4. The molecule has 3 aliphatic rings. The second-order valence-corrected chi connectivity index (χ2v) is 7.12. The third-order valence-electron chi connectivity index (χ3n) is 5.57. The van der Waals surface area contributed by atoms with Gasteiger partial charge in [-0.05, 0) is 25.7 Å². The van der Waals surface area contributed by atoms with Crippen molar-refractivity contribution in [2.24, 2.45) is 5.92 Å². The van der Waals surface area contributed by atoms with Crippen LogP contribution in [-0.4, -0.2) is 33.0 Å². The van der Waals surface area contributed by atoms with Crippen molar-refractivity contribution < 1.29 is 18.7 Å². The van der Waals surface area contributed by atoms with E-state index in [4.69, 9.17) is 0 Å². The van der Waals surface area contributed by atoms with Crippen LogP contribution >= 0.6 is 0 Å². The molecule has 2 atom stereocenters. The number of hydrazine groups is 1. The van der Waals surface area contributed by atoms with Gasteiger partial charge in [0.25, 0.3) is 0 Å². The third-order valence-corrected chi connectivity index (χ3v) is 5.57. The first-order valence-electron chi connectivity index (χ1n) is 8.59. The van der Waals surface area contributed by atoms with Crippen LogP contribution in [0.2, 0.25) is 0 Å². The molecule has 134 valence electrons. The predicted molar refractivity (Wildman–Crippen MR) is 87.2 cm³/mol. The summed E-state index contributed by atoms with van der Waals surface area (Å²) in [6.45, 7) is 3.95. The second kappa shape index (κ2) is 5.64. The Bertz CT molecular complexity index is 819. The summed E-state index contributed by atoms with van der Waals surface area (Å²) in [5.41, 5.74) is 3.10. The summed E-state index contributed by atoms with van der Waals surface area (Å²) in [5, 5.41) is 12.4. The Balaban J connectivity index is 1.62. The molecule has 0 aromatic carbocycles. The molecule has 1 aliphatic heterocycles. The van der Waals surface area contributed by atoms with Crippen LogP contribution in [0.1, 0.15) is 50.3 Å². The fraction of sp³-hybridized carbons (Fsp3) is 0.588. The SMILES string of the molecule is C=c1nc([C@H]2CC[C@@H]2C(=O)O)nc2c1=CNN2C1CCC(F)(F)CC1. The van der Waals surface area contributed by atoms with Crippen LogP contribution in [0.5, 0.6) is 0 Å². The number of nitrogens with one attached hydrogen (secondary N) is 1. The Morgan fingerprint density at radius 1 is 1.28 bits per heavy atom. The number of rotatable bonds is 3. The molecule has 2 N–H and O–H groups in total. The molecule has 0 unspecified atom stereocenters. The van der Waals surface area contributed by atoms with Gasteiger partial charge in [0.15, 0.2) is 5.82 Å². The summed E-state index contributed by atoms with van der Waals surface area (Å²) in [6, 6.07) is -0.0732. The predicted octanol–water partition coefficient (Wildman–Crippen LogP) is 1.11. The van der Waals surface area contributed by atoms with Gasteiger partial charge in [-0.1, -0.05) is 6.58 Å². The number of hydrogen-bond acceptors (Lipinski definition) is 5.